The van der Waals surface area contributed by atoms with Crippen LogP contribution in [0.25, 0.3) is 0 Å². The summed E-state index contributed by atoms with van der Waals surface area (Å²) in [7, 11) is 3.60. The number of likely N-dealkylation sites (tertiary alicyclic amines) is 1. The molecule has 0 amide bonds. The third kappa shape index (κ3) is 2.99. The first-order valence-corrected chi connectivity index (χ1v) is 4.90. The molecular weight excluding hydrogens is 166 g/mol. The van der Waals surface area contributed by atoms with Gasteiger partial charge in [-0.2, -0.15) is 0 Å². The molecule has 1 saturated heterocycles. The van der Waals surface area contributed by atoms with E-state index in [9.17, 15) is 4.79 Å². The number of ether oxygens (including phenoxy) is 1. The molecule has 0 aliphatic carbocycles. The van der Waals surface area contributed by atoms with Crippen molar-refractivity contribution < 1.29 is 9.53 Å². The molecule has 0 bridgehead atoms. The van der Waals surface area contributed by atoms with E-state index in [0.717, 1.165) is 19.4 Å². The number of hydrogen-bond acceptors (Lipinski definition) is 3. The molecule has 0 radical (unpaired) electrons. The van der Waals surface area contributed by atoms with Gasteiger partial charge in [0.15, 0.2) is 0 Å². The molecule has 13 heavy (non-hydrogen) atoms. The quantitative estimate of drug-likeness (QED) is 0.607. The van der Waals surface area contributed by atoms with Crippen LogP contribution >= 0.6 is 0 Å². The largest absolute Gasteiger partial charge is 0.469 e. The predicted molar refractivity (Wildman–Crippen MR) is 51.4 cm³/mol. The molecule has 3 nitrogen and oxygen atoms in total. The third-order valence-electron chi connectivity index (χ3n) is 3.00. The lowest BCUT2D eigenvalue weighted by atomic mass is 9.89. The van der Waals surface area contributed by atoms with E-state index in [0.29, 0.717) is 18.4 Å². The van der Waals surface area contributed by atoms with Crippen molar-refractivity contribution in [2.45, 2.75) is 32.2 Å². The van der Waals surface area contributed by atoms with Crippen LogP contribution in [0, 0.1) is 5.92 Å². The van der Waals surface area contributed by atoms with Gasteiger partial charge in [-0.3, -0.25) is 4.79 Å². The highest BCUT2D eigenvalue weighted by Crippen LogP contribution is 2.24. The van der Waals surface area contributed by atoms with Crippen molar-refractivity contribution >= 4 is 5.97 Å². The standard InChI is InChI=1S/C10H19NO2/c1-8-6-9(4-5-11(8)2)7-10(12)13-3/h8-9H,4-7H2,1-3H3. The molecule has 1 aliphatic heterocycles. The summed E-state index contributed by atoms with van der Waals surface area (Å²) < 4.78 is 4.66. The second-order valence-electron chi connectivity index (χ2n) is 4.00. The highest BCUT2D eigenvalue weighted by molar-refractivity contribution is 5.69. The van der Waals surface area contributed by atoms with Crippen molar-refractivity contribution in [3.05, 3.63) is 0 Å². The molecule has 2 unspecified atom stereocenters. The van der Waals surface area contributed by atoms with Crippen molar-refractivity contribution in [1.29, 1.82) is 0 Å². The SMILES string of the molecule is COC(=O)CC1CCN(C)C(C)C1. The van der Waals surface area contributed by atoms with E-state index in [1.165, 1.54) is 7.11 Å². The van der Waals surface area contributed by atoms with Gasteiger partial charge in [-0.15, -0.1) is 0 Å². The zero-order valence-electron chi connectivity index (χ0n) is 8.75. The Labute approximate surface area is 80.1 Å². The summed E-state index contributed by atoms with van der Waals surface area (Å²) in [6.45, 7) is 3.31. The molecule has 2 atom stereocenters. The Morgan fingerprint density at radius 1 is 1.62 bits per heavy atom. The summed E-state index contributed by atoms with van der Waals surface area (Å²) in [6.07, 6.45) is 2.83. The van der Waals surface area contributed by atoms with Crippen molar-refractivity contribution in [3.8, 4) is 0 Å². The molecule has 0 aromatic rings. The second-order valence-corrected chi connectivity index (χ2v) is 4.00. The molecule has 0 N–H and O–H groups in total. The molecule has 1 aliphatic rings. The molecular formula is C10H19NO2. The summed E-state index contributed by atoms with van der Waals surface area (Å²) in [5, 5.41) is 0. The Morgan fingerprint density at radius 2 is 2.31 bits per heavy atom. The summed E-state index contributed by atoms with van der Waals surface area (Å²) in [4.78, 5) is 13.4. The number of rotatable bonds is 2. The molecule has 0 saturated carbocycles. The maximum atomic E-state index is 11.0. The van der Waals surface area contributed by atoms with Gasteiger partial charge < -0.3 is 9.64 Å². The van der Waals surface area contributed by atoms with Gasteiger partial charge in [0.2, 0.25) is 0 Å². The molecule has 3 heteroatoms. The zero-order chi connectivity index (χ0) is 9.84. The van der Waals surface area contributed by atoms with Crippen LogP contribution in [-0.4, -0.2) is 37.6 Å². The van der Waals surface area contributed by atoms with E-state index in [-0.39, 0.29) is 5.97 Å². The number of methoxy groups -OCH3 is 1. The fraction of sp³-hybridized carbons (Fsp3) is 0.900. The third-order valence-corrected chi connectivity index (χ3v) is 3.00. The monoisotopic (exact) mass is 185 g/mol. The molecule has 0 spiro atoms. The van der Waals surface area contributed by atoms with E-state index in [4.69, 9.17) is 0 Å². The molecule has 1 fully saturated rings. The van der Waals surface area contributed by atoms with Gasteiger partial charge >= 0.3 is 5.97 Å². The topological polar surface area (TPSA) is 29.5 Å². The number of hydrogen-bond donors (Lipinski definition) is 0. The fourth-order valence-corrected chi connectivity index (χ4v) is 1.89. The highest BCUT2D eigenvalue weighted by Gasteiger charge is 2.24. The minimum atomic E-state index is -0.0678. The lowest BCUT2D eigenvalue weighted by molar-refractivity contribution is -0.142. The molecule has 0 aromatic heterocycles. The first-order valence-electron chi connectivity index (χ1n) is 4.90. The predicted octanol–water partition coefficient (Wildman–Crippen LogP) is 1.28. The van der Waals surface area contributed by atoms with Gasteiger partial charge in [-0.1, -0.05) is 0 Å². The van der Waals surface area contributed by atoms with Crippen LogP contribution < -0.4 is 0 Å². The van der Waals surface area contributed by atoms with Gasteiger partial charge in [0.05, 0.1) is 7.11 Å². The van der Waals surface area contributed by atoms with Crippen LogP contribution in [0.2, 0.25) is 0 Å². The second kappa shape index (κ2) is 4.61. The number of esters is 1. The van der Waals surface area contributed by atoms with E-state index in [1.54, 1.807) is 0 Å². The summed E-state index contributed by atoms with van der Waals surface area (Å²) in [5.74, 6) is 0.459. The van der Waals surface area contributed by atoms with E-state index in [2.05, 4.69) is 23.6 Å². The van der Waals surface area contributed by atoms with Gasteiger partial charge in [-0.25, -0.2) is 0 Å². The Bertz CT molecular complexity index is 182. The Morgan fingerprint density at radius 3 is 2.85 bits per heavy atom. The molecule has 1 rings (SSSR count). The van der Waals surface area contributed by atoms with Crippen molar-refractivity contribution in [2.24, 2.45) is 5.92 Å². The van der Waals surface area contributed by atoms with Crippen LogP contribution in [0.15, 0.2) is 0 Å². The number of carbonyl (C=O) groups is 1. The van der Waals surface area contributed by atoms with Crippen molar-refractivity contribution in [2.75, 3.05) is 20.7 Å². The van der Waals surface area contributed by atoms with Crippen LogP contribution in [0.1, 0.15) is 26.2 Å². The highest BCUT2D eigenvalue weighted by atomic mass is 16.5. The van der Waals surface area contributed by atoms with Crippen molar-refractivity contribution in [3.63, 3.8) is 0 Å². The number of piperidine rings is 1. The average Bonchev–Trinajstić information content (AvgIpc) is 2.11. The Balaban J connectivity index is 2.33. The Hall–Kier alpha value is -0.570. The van der Waals surface area contributed by atoms with Crippen LogP contribution in [-0.2, 0) is 9.53 Å². The first kappa shape index (κ1) is 10.5. The minimum absolute atomic E-state index is 0.0678. The van der Waals surface area contributed by atoms with Gasteiger partial charge in [0, 0.05) is 12.5 Å². The average molecular weight is 185 g/mol. The van der Waals surface area contributed by atoms with Gasteiger partial charge in [0.25, 0.3) is 0 Å². The molecule has 76 valence electrons. The van der Waals surface area contributed by atoms with Gasteiger partial charge in [0.1, 0.15) is 0 Å². The van der Waals surface area contributed by atoms with E-state index >= 15 is 0 Å². The first-order chi connectivity index (χ1) is 6.13. The van der Waals surface area contributed by atoms with E-state index < -0.39 is 0 Å². The van der Waals surface area contributed by atoms with Crippen LogP contribution in [0.3, 0.4) is 0 Å². The lowest BCUT2D eigenvalue weighted by Gasteiger charge is -2.34. The zero-order valence-corrected chi connectivity index (χ0v) is 8.75. The van der Waals surface area contributed by atoms with Crippen molar-refractivity contribution in [1.82, 2.24) is 4.90 Å². The Kier molecular flexibility index (Phi) is 3.72. The van der Waals surface area contributed by atoms with Crippen LogP contribution in [0.5, 0.6) is 0 Å². The number of nitrogens with zero attached hydrogens (tertiary/aromatic N) is 1. The lowest BCUT2D eigenvalue weighted by Crippen LogP contribution is -2.38. The van der Waals surface area contributed by atoms with Gasteiger partial charge in [-0.05, 0) is 39.3 Å². The summed E-state index contributed by atoms with van der Waals surface area (Å²) in [5.41, 5.74) is 0. The van der Waals surface area contributed by atoms with Crippen LogP contribution in [0.4, 0.5) is 0 Å². The maximum absolute atomic E-state index is 11.0. The normalized spacial score (nSPS) is 30.1. The fourth-order valence-electron chi connectivity index (χ4n) is 1.89. The molecule has 0 aromatic carbocycles. The molecule has 1 heterocycles. The minimum Gasteiger partial charge on any atom is -0.469 e. The summed E-state index contributed by atoms with van der Waals surface area (Å²) in [6, 6.07) is 0.600. The number of carbonyl (C=O) groups excluding carboxylic acids is 1. The van der Waals surface area contributed by atoms with E-state index in [1.807, 2.05) is 0 Å². The summed E-state index contributed by atoms with van der Waals surface area (Å²) >= 11 is 0. The maximum Gasteiger partial charge on any atom is 0.305 e. The smallest absolute Gasteiger partial charge is 0.305 e.